The van der Waals surface area contributed by atoms with Crippen molar-refractivity contribution in [2.45, 2.75) is 6.29 Å². The minimum Gasteiger partial charge on any atom is -0.354 e. The Balaban J connectivity index is 2.62. The molecule has 5 heteroatoms. The second-order valence-electron chi connectivity index (χ2n) is 3.06. The summed E-state index contributed by atoms with van der Waals surface area (Å²) in [5.41, 5.74) is 0.968. The first-order valence-corrected chi connectivity index (χ1v) is 5.85. The van der Waals surface area contributed by atoms with E-state index in [1.165, 1.54) is 0 Å². The summed E-state index contributed by atoms with van der Waals surface area (Å²) in [7, 11) is 3.17. The molecule has 0 N–H and O–H groups in total. The van der Waals surface area contributed by atoms with E-state index in [9.17, 15) is 0 Å². The lowest BCUT2D eigenvalue weighted by atomic mass is 10.2. The fourth-order valence-corrected chi connectivity index (χ4v) is 1.87. The van der Waals surface area contributed by atoms with Gasteiger partial charge in [-0.15, -0.1) is 0 Å². The molecule has 0 saturated heterocycles. The molecule has 0 saturated carbocycles. The highest BCUT2D eigenvalue weighted by atomic mass is 79.9. The van der Waals surface area contributed by atoms with Crippen LogP contribution < -0.4 is 0 Å². The monoisotopic (exact) mass is 305 g/mol. The van der Waals surface area contributed by atoms with E-state index in [1.54, 1.807) is 20.4 Å². The van der Waals surface area contributed by atoms with Gasteiger partial charge in [0.15, 0.2) is 6.29 Å². The average Bonchev–Trinajstić information content (AvgIpc) is 2.27. The first kappa shape index (κ1) is 13.6. The molecular formula is C11H13BrClNO2. The topological polar surface area (TPSA) is 30.8 Å². The van der Waals surface area contributed by atoms with Crippen molar-refractivity contribution in [3.8, 4) is 0 Å². The van der Waals surface area contributed by atoms with Gasteiger partial charge in [-0.3, -0.25) is 4.99 Å². The third kappa shape index (κ3) is 4.22. The second kappa shape index (κ2) is 7.01. The van der Waals surface area contributed by atoms with E-state index in [2.05, 4.69) is 20.9 Å². The Kier molecular flexibility index (Phi) is 5.98. The summed E-state index contributed by atoms with van der Waals surface area (Å²) in [5, 5.41) is 0.690. The van der Waals surface area contributed by atoms with Crippen LogP contribution >= 0.6 is 27.5 Å². The lowest BCUT2D eigenvalue weighted by Gasteiger charge is -2.09. The summed E-state index contributed by atoms with van der Waals surface area (Å²) >= 11 is 9.24. The number of methoxy groups -OCH3 is 2. The molecule has 0 aliphatic rings. The van der Waals surface area contributed by atoms with E-state index in [1.807, 2.05) is 18.2 Å². The molecule has 0 bridgehead atoms. The van der Waals surface area contributed by atoms with E-state index < -0.39 is 0 Å². The first-order chi connectivity index (χ1) is 7.67. The average molecular weight is 307 g/mol. The molecule has 16 heavy (non-hydrogen) atoms. The molecule has 88 valence electrons. The van der Waals surface area contributed by atoms with Crippen molar-refractivity contribution in [3.63, 3.8) is 0 Å². The highest BCUT2D eigenvalue weighted by Crippen LogP contribution is 2.20. The molecular weight excluding hydrogens is 293 g/mol. The van der Waals surface area contributed by atoms with Gasteiger partial charge in [0.05, 0.1) is 6.54 Å². The Morgan fingerprint density at radius 3 is 2.69 bits per heavy atom. The lowest BCUT2D eigenvalue weighted by Crippen LogP contribution is -2.16. The zero-order valence-corrected chi connectivity index (χ0v) is 11.5. The molecule has 0 atom stereocenters. The zero-order chi connectivity index (χ0) is 12.0. The third-order valence-corrected chi connectivity index (χ3v) is 2.89. The van der Waals surface area contributed by atoms with Crippen LogP contribution in [0.5, 0.6) is 0 Å². The molecule has 1 rings (SSSR count). The summed E-state index contributed by atoms with van der Waals surface area (Å²) < 4.78 is 10.9. The SMILES string of the molecule is COC(C/N=C\c1ccc(Cl)cc1Br)OC. The van der Waals surface area contributed by atoms with Crippen molar-refractivity contribution in [3.05, 3.63) is 33.3 Å². The summed E-state index contributed by atoms with van der Waals surface area (Å²) in [5.74, 6) is 0. The summed E-state index contributed by atoms with van der Waals surface area (Å²) in [6.45, 7) is 0.460. The predicted molar refractivity (Wildman–Crippen MR) is 69.4 cm³/mol. The number of aliphatic imine (C=N–C) groups is 1. The highest BCUT2D eigenvalue weighted by Gasteiger charge is 2.02. The normalized spacial score (nSPS) is 11.6. The van der Waals surface area contributed by atoms with Crippen LogP contribution in [-0.4, -0.2) is 33.3 Å². The maximum Gasteiger partial charge on any atom is 0.176 e. The van der Waals surface area contributed by atoms with Gasteiger partial charge < -0.3 is 9.47 Å². The van der Waals surface area contributed by atoms with Gasteiger partial charge in [-0.05, 0) is 12.1 Å². The van der Waals surface area contributed by atoms with Gasteiger partial charge >= 0.3 is 0 Å². The number of hydrogen-bond donors (Lipinski definition) is 0. The Bertz CT molecular complexity index is 367. The van der Waals surface area contributed by atoms with Crippen molar-refractivity contribution in [2.24, 2.45) is 4.99 Å². The largest absolute Gasteiger partial charge is 0.354 e. The molecule has 0 unspecified atom stereocenters. The first-order valence-electron chi connectivity index (χ1n) is 4.68. The molecule has 0 radical (unpaired) electrons. The van der Waals surface area contributed by atoms with E-state index in [-0.39, 0.29) is 6.29 Å². The molecule has 0 spiro atoms. The predicted octanol–water partition coefficient (Wildman–Crippen LogP) is 3.14. The Morgan fingerprint density at radius 1 is 1.44 bits per heavy atom. The van der Waals surface area contributed by atoms with Crippen LogP contribution in [0.4, 0.5) is 0 Å². The quantitative estimate of drug-likeness (QED) is 0.618. The smallest absolute Gasteiger partial charge is 0.176 e. The van der Waals surface area contributed by atoms with Crippen LogP contribution in [0.2, 0.25) is 5.02 Å². The van der Waals surface area contributed by atoms with Gasteiger partial charge in [0.1, 0.15) is 0 Å². The van der Waals surface area contributed by atoms with Crippen LogP contribution in [0.3, 0.4) is 0 Å². The molecule has 0 aromatic heterocycles. The fraction of sp³-hybridized carbons (Fsp3) is 0.364. The fourth-order valence-electron chi connectivity index (χ4n) is 1.09. The van der Waals surface area contributed by atoms with Gasteiger partial charge in [0.25, 0.3) is 0 Å². The Labute approximate surface area is 109 Å². The number of nitrogens with zero attached hydrogens (tertiary/aromatic N) is 1. The zero-order valence-electron chi connectivity index (χ0n) is 9.11. The van der Waals surface area contributed by atoms with Crippen molar-refractivity contribution < 1.29 is 9.47 Å². The van der Waals surface area contributed by atoms with Crippen LogP contribution in [-0.2, 0) is 9.47 Å². The highest BCUT2D eigenvalue weighted by molar-refractivity contribution is 9.10. The minimum absolute atomic E-state index is 0.303. The summed E-state index contributed by atoms with van der Waals surface area (Å²) in [6, 6.07) is 5.54. The Morgan fingerprint density at radius 2 is 2.12 bits per heavy atom. The van der Waals surface area contributed by atoms with Crippen molar-refractivity contribution in [1.82, 2.24) is 0 Å². The molecule has 3 nitrogen and oxygen atoms in total. The van der Waals surface area contributed by atoms with Crippen molar-refractivity contribution in [2.75, 3.05) is 20.8 Å². The summed E-state index contributed by atoms with van der Waals surface area (Å²) in [4.78, 5) is 4.23. The van der Waals surface area contributed by atoms with Crippen LogP contribution in [0.15, 0.2) is 27.7 Å². The summed E-state index contributed by atoms with van der Waals surface area (Å²) in [6.07, 6.45) is 1.45. The van der Waals surface area contributed by atoms with E-state index in [0.717, 1.165) is 10.0 Å². The van der Waals surface area contributed by atoms with Crippen LogP contribution in [0.1, 0.15) is 5.56 Å². The molecule has 1 aromatic rings. The second-order valence-corrected chi connectivity index (χ2v) is 4.35. The maximum absolute atomic E-state index is 5.83. The van der Waals surface area contributed by atoms with Gasteiger partial charge in [-0.25, -0.2) is 0 Å². The van der Waals surface area contributed by atoms with E-state index in [4.69, 9.17) is 21.1 Å². The van der Waals surface area contributed by atoms with E-state index in [0.29, 0.717) is 11.6 Å². The number of rotatable bonds is 5. The molecule has 1 aromatic carbocycles. The third-order valence-electron chi connectivity index (χ3n) is 1.97. The standard InChI is InChI=1S/C11H13BrClNO2/c1-15-11(16-2)7-14-6-8-3-4-9(13)5-10(8)12/h3-6,11H,7H2,1-2H3/b14-6-. The minimum atomic E-state index is -0.303. The molecule has 0 amide bonds. The van der Waals surface area contributed by atoms with Gasteiger partial charge in [0, 0.05) is 35.5 Å². The molecule has 0 fully saturated rings. The molecule has 0 aliphatic heterocycles. The molecule has 0 heterocycles. The van der Waals surface area contributed by atoms with Crippen LogP contribution in [0, 0.1) is 0 Å². The van der Waals surface area contributed by atoms with Gasteiger partial charge in [0.2, 0.25) is 0 Å². The van der Waals surface area contributed by atoms with E-state index >= 15 is 0 Å². The van der Waals surface area contributed by atoms with Crippen LogP contribution in [0.25, 0.3) is 0 Å². The maximum atomic E-state index is 5.83. The molecule has 0 aliphatic carbocycles. The number of halogens is 2. The van der Waals surface area contributed by atoms with Gasteiger partial charge in [-0.1, -0.05) is 33.6 Å². The van der Waals surface area contributed by atoms with Gasteiger partial charge in [-0.2, -0.15) is 0 Å². The number of ether oxygens (including phenoxy) is 2. The number of hydrogen-bond acceptors (Lipinski definition) is 3. The number of benzene rings is 1. The Hall–Kier alpha value is -0.420. The van der Waals surface area contributed by atoms with Crippen molar-refractivity contribution in [1.29, 1.82) is 0 Å². The lowest BCUT2D eigenvalue weighted by molar-refractivity contribution is -0.0936. The van der Waals surface area contributed by atoms with Crippen molar-refractivity contribution >= 4 is 33.7 Å².